The van der Waals surface area contributed by atoms with Crippen LogP contribution in [0.15, 0.2) is 36.4 Å². The van der Waals surface area contributed by atoms with E-state index in [1.807, 2.05) is 0 Å². The quantitative estimate of drug-likeness (QED) is 0.369. The van der Waals surface area contributed by atoms with Gasteiger partial charge in [-0.1, -0.05) is 11.6 Å². The van der Waals surface area contributed by atoms with E-state index >= 15 is 0 Å². The average Bonchev–Trinajstić information content (AvgIpc) is 2.53. The molecular formula is C16H6ClF7O3. The Labute approximate surface area is 151 Å². The number of hydrogen-bond acceptors (Lipinski definition) is 3. The van der Waals surface area contributed by atoms with Crippen LogP contribution in [0.1, 0.15) is 31.8 Å². The smallest absolute Gasteiger partial charge is 0.386 e. The molecule has 0 atom stereocenters. The molecule has 144 valence electrons. The Morgan fingerprint density at radius 2 is 1.22 bits per heavy atom. The molecule has 0 aliphatic heterocycles. The summed E-state index contributed by atoms with van der Waals surface area (Å²) in [7, 11) is 0. The highest BCUT2D eigenvalue weighted by atomic mass is 35.5. The van der Waals surface area contributed by atoms with Crippen molar-refractivity contribution in [2.24, 2.45) is 0 Å². The zero-order valence-corrected chi connectivity index (χ0v) is 13.5. The second kappa shape index (κ2) is 7.18. The molecule has 0 amide bonds. The minimum atomic E-state index is -5.11. The predicted octanol–water partition coefficient (Wildman–Crippen LogP) is 5.51. The van der Waals surface area contributed by atoms with Gasteiger partial charge >= 0.3 is 24.3 Å². The molecule has 0 saturated carbocycles. The lowest BCUT2D eigenvalue weighted by molar-refractivity contribution is -0.140. The summed E-state index contributed by atoms with van der Waals surface area (Å²) in [6.07, 6.45) is -10.0. The molecule has 27 heavy (non-hydrogen) atoms. The molecule has 0 bridgehead atoms. The van der Waals surface area contributed by atoms with Gasteiger partial charge in [-0.25, -0.2) is 14.0 Å². The molecule has 2 aromatic carbocycles. The molecule has 0 unspecified atom stereocenters. The number of halogens is 8. The first-order valence-corrected chi connectivity index (χ1v) is 7.18. The summed E-state index contributed by atoms with van der Waals surface area (Å²) in [5, 5.41) is -0.710. The third-order valence-electron chi connectivity index (χ3n) is 3.20. The monoisotopic (exact) mass is 414 g/mol. The molecule has 0 aromatic heterocycles. The average molecular weight is 415 g/mol. The molecule has 3 nitrogen and oxygen atoms in total. The van der Waals surface area contributed by atoms with Gasteiger partial charge in [0.05, 0.1) is 27.3 Å². The molecule has 0 aliphatic carbocycles. The van der Waals surface area contributed by atoms with Crippen molar-refractivity contribution in [2.75, 3.05) is 0 Å². The highest BCUT2D eigenvalue weighted by Gasteiger charge is 2.36. The molecule has 0 heterocycles. The third kappa shape index (κ3) is 4.76. The van der Waals surface area contributed by atoms with E-state index in [1.165, 1.54) is 0 Å². The van der Waals surface area contributed by atoms with E-state index in [0.717, 1.165) is 12.1 Å². The van der Waals surface area contributed by atoms with Gasteiger partial charge in [0.15, 0.2) is 0 Å². The van der Waals surface area contributed by atoms with Crippen LogP contribution in [0.2, 0.25) is 5.02 Å². The van der Waals surface area contributed by atoms with E-state index in [-0.39, 0.29) is 6.07 Å². The minimum absolute atomic E-state index is 0.119. The standard InChI is InChI=1S/C16H6ClF7O3/c17-11-3-1-7(5-9(11)15(19,20)21)13(25)27-14(26)8-2-4-12(18)10(6-8)16(22,23)24/h1-6H. The molecule has 2 aromatic rings. The van der Waals surface area contributed by atoms with Crippen LogP contribution < -0.4 is 0 Å². The van der Waals surface area contributed by atoms with Crippen LogP contribution in [0.5, 0.6) is 0 Å². The molecule has 0 aliphatic rings. The number of carbonyl (C=O) groups excluding carboxylic acids is 2. The van der Waals surface area contributed by atoms with Gasteiger partial charge in [-0.3, -0.25) is 0 Å². The molecule has 2 rings (SSSR count). The molecule has 0 spiro atoms. The summed E-state index contributed by atoms with van der Waals surface area (Å²) in [5.74, 6) is -4.81. The Balaban J connectivity index is 2.28. The predicted molar refractivity (Wildman–Crippen MR) is 77.6 cm³/mol. The van der Waals surface area contributed by atoms with E-state index in [2.05, 4.69) is 4.74 Å². The Morgan fingerprint density at radius 1 is 0.778 bits per heavy atom. The molecule has 0 saturated heterocycles. The van der Waals surface area contributed by atoms with Crippen LogP contribution in [0, 0.1) is 5.82 Å². The van der Waals surface area contributed by atoms with Crippen molar-refractivity contribution in [3.05, 3.63) is 69.5 Å². The number of carbonyl (C=O) groups is 2. The van der Waals surface area contributed by atoms with E-state index in [0.29, 0.717) is 18.2 Å². The lowest BCUT2D eigenvalue weighted by Gasteiger charge is -2.11. The van der Waals surface area contributed by atoms with Gasteiger partial charge in [0.25, 0.3) is 0 Å². The fraction of sp³-hybridized carbons (Fsp3) is 0.125. The van der Waals surface area contributed by atoms with Gasteiger partial charge in [-0.05, 0) is 36.4 Å². The second-order valence-electron chi connectivity index (χ2n) is 5.06. The van der Waals surface area contributed by atoms with Crippen molar-refractivity contribution in [3.8, 4) is 0 Å². The fourth-order valence-corrected chi connectivity index (χ4v) is 2.17. The van der Waals surface area contributed by atoms with Crippen LogP contribution >= 0.6 is 11.6 Å². The first kappa shape index (κ1) is 20.7. The summed E-state index contributed by atoms with van der Waals surface area (Å²) in [4.78, 5) is 23.6. The number of esters is 2. The maximum Gasteiger partial charge on any atom is 0.419 e. The van der Waals surface area contributed by atoms with Crippen molar-refractivity contribution < 1.29 is 45.1 Å². The van der Waals surface area contributed by atoms with Crippen molar-refractivity contribution in [1.29, 1.82) is 0 Å². The number of benzene rings is 2. The van der Waals surface area contributed by atoms with E-state index < -0.39 is 57.4 Å². The van der Waals surface area contributed by atoms with Crippen LogP contribution in [0.25, 0.3) is 0 Å². The maximum absolute atomic E-state index is 13.2. The van der Waals surface area contributed by atoms with Crippen molar-refractivity contribution >= 4 is 23.5 Å². The normalized spacial score (nSPS) is 12.0. The Morgan fingerprint density at radius 3 is 1.70 bits per heavy atom. The molecule has 11 heteroatoms. The van der Waals surface area contributed by atoms with E-state index in [4.69, 9.17) is 11.6 Å². The van der Waals surface area contributed by atoms with E-state index in [9.17, 15) is 40.3 Å². The third-order valence-corrected chi connectivity index (χ3v) is 3.53. The Kier molecular flexibility index (Phi) is 5.50. The number of ether oxygens (including phenoxy) is 1. The summed E-state index contributed by atoms with van der Waals surface area (Å²) < 4.78 is 93.7. The van der Waals surface area contributed by atoms with Crippen LogP contribution in [-0.4, -0.2) is 11.9 Å². The largest absolute Gasteiger partial charge is 0.419 e. The summed E-state index contributed by atoms with van der Waals surface area (Å²) >= 11 is 5.38. The summed E-state index contributed by atoms with van der Waals surface area (Å²) in [6, 6.07) is 2.99. The molecule has 0 radical (unpaired) electrons. The van der Waals surface area contributed by atoms with Gasteiger partial charge in [0.2, 0.25) is 0 Å². The van der Waals surface area contributed by atoms with Gasteiger partial charge in [-0.15, -0.1) is 0 Å². The van der Waals surface area contributed by atoms with Crippen LogP contribution in [-0.2, 0) is 17.1 Å². The summed E-state index contributed by atoms with van der Waals surface area (Å²) in [6.45, 7) is 0. The number of hydrogen-bond donors (Lipinski definition) is 0. The first-order valence-electron chi connectivity index (χ1n) is 6.80. The zero-order valence-electron chi connectivity index (χ0n) is 12.7. The first-order chi connectivity index (χ1) is 12.3. The highest BCUT2D eigenvalue weighted by Crippen LogP contribution is 2.35. The van der Waals surface area contributed by atoms with Crippen LogP contribution in [0.3, 0.4) is 0 Å². The maximum atomic E-state index is 13.2. The SMILES string of the molecule is O=C(OC(=O)c1ccc(Cl)c(C(F)(F)F)c1)c1ccc(F)c(C(F)(F)F)c1. The number of rotatable bonds is 2. The lowest BCUT2D eigenvalue weighted by atomic mass is 10.1. The summed E-state index contributed by atoms with van der Waals surface area (Å²) in [5.41, 5.74) is -4.66. The number of alkyl halides is 6. The van der Waals surface area contributed by atoms with Crippen molar-refractivity contribution in [2.45, 2.75) is 12.4 Å². The fourth-order valence-electron chi connectivity index (χ4n) is 1.94. The van der Waals surface area contributed by atoms with Gasteiger partial charge in [0, 0.05) is 0 Å². The van der Waals surface area contributed by atoms with Gasteiger partial charge in [0.1, 0.15) is 5.82 Å². The lowest BCUT2D eigenvalue weighted by Crippen LogP contribution is -2.16. The molecule has 0 N–H and O–H groups in total. The topological polar surface area (TPSA) is 43.4 Å². The molecular weight excluding hydrogens is 409 g/mol. The Bertz CT molecular complexity index is 830. The zero-order chi connectivity index (χ0) is 20.6. The van der Waals surface area contributed by atoms with Gasteiger partial charge in [-0.2, -0.15) is 26.3 Å². The van der Waals surface area contributed by atoms with Crippen molar-refractivity contribution in [3.63, 3.8) is 0 Å². The second-order valence-corrected chi connectivity index (χ2v) is 5.47. The van der Waals surface area contributed by atoms with Crippen LogP contribution in [0.4, 0.5) is 30.7 Å². The molecule has 0 fully saturated rings. The minimum Gasteiger partial charge on any atom is -0.386 e. The van der Waals surface area contributed by atoms with Gasteiger partial charge < -0.3 is 4.74 Å². The highest BCUT2D eigenvalue weighted by molar-refractivity contribution is 6.31. The van der Waals surface area contributed by atoms with E-state index in [1.54, 1.807) is 0 Å². The van der Waals surface area contributed by atoms with Crippen molar-refractivity contribution in [1.82, 2.24) is 0 Å². The Hall–Kier alpha value is -2.62.